The lowest BCUT2D eigenvalue weighted by molar-refractivity contribution is -0.137. The average molecular weight is 518 g/mol. The number of aryl methyl sites for hydroxylation is 1. The zero-order valence-electron chi connectivity index (χ0n) is 19.2. The van der Waals surface area contributed by atoms with Gasteiger partial charge in [0.2, 0.25) is 0 Å². The standard InChI is InChI=1S/C25H22F3N3O4S/c1-17-7-12-22(24(33)31(17)20-6-4-5-19(15-20)25(26,27)28)23(32)30-16-18-8-10-21(11-9-18)36(34,35)14-3-2-13-29/h4-12,15H,2-3,14,16H2,1H3,(H,30,32). The van der Waals surface area contributed by atoms with Gasteiger partial charge in [-0.2, -0.15) is 18.4 Å². The minimum Gasteiger partial charge on any atom is -0.348 e. The van der Waals surface area contributed by atoms with Gasteiger partial charge in [-0.15, -0.1) is 0 Å². The van der Waals surface area contributed by atoms with E-state index in [9.17, 15) is 31.2 Å². The van der Waals surface area contributed by atoms with E-state index in [0.717, 1.165) is 16.7 Å². The maximum absolute atomic E-state index is 13.1. The molecule has 2 aromatic carbocycles. The SMILES string of the molecule is Cc1ccc(C(=O)NCc2ccc(S(=O)(=O)CCCC#N)cc2)c(=O)n1-c1cccc(C(F)(F)F)c1. The van der Waals surface area contributed by atoms with E-state index < -0.39 is 33.0 Å². The maximum atomic E-state index is 13.1. The zero-order chi connectivity index (χ0) is 26.5. The summed E-state index contributed by atoms with van der Waals surface area (Å²) in [6, 6.07) is 14.8. The van der Waals surface area contributed by atoms with Crippen LogP contribution in [-0.2, 0) is 22.6 Å². The van der Waals surface area contributed by atoms with Gasteiger partial charge >= 0.3 is 6.18 Å². The van der Waals surface area contributed by atoms with Gasteiger partial charge in [-0.25, -0.2) is 8.42 Å². The van der Waals surface area contributed by atoms with E-state index in [1.54, 1.807) is 6.92 Å². The number of alkyl halides is 3. The van der Waals surface area contributed by atoms with Gasteiger partial charge in [0, 0.05) is 24.3 Å². The van der Waals surface area contributed by atoms with Gasteiger partial charge in [-0.05, 0) is 61.4 Å². The summed E-state index contributed by atoms with van der Waals surface area (Å²) in [5, 5.41) is 11.1. The number of amides is 1. The highest BCUT2D eigenvalue weighted by Gasteiger charge is 2.30. The second kappa shape index (κ2) is 10.8. The average Bonchev–Trinajstić information content (AvgIpc) is 2.83. The van der Waals surface area contributed by atoms with Crippen molar-refractivity contribution in [1.82, 2.24) is 9.88 Å². The Balaban J connectivity index is 1.77. The van der Waals surface area contributed by atoms with Crippen LogP contribution in [0.4, 0.5) is 13.2 Å². The Morgan fingerprint density at radius 3 is 2.42 bits per heavy atom. The Morgan fingerprint density at radius 1 is 1.08 bits per heavy atom. The topological polar surface area (TPSA) is 109 Å². The lowest BCUT2D eigenvalue weighted by atomic mass is 10.1. The van der Waals surface area contributed by atoms with Crippen LogP contribution in [0.5, 0.6) is 0 Å². The van der Waals surface area contributed by atoms with Crippen LogP contribution in [0.3, 0.4) is 0 Å². The second-order valence-corrected chi connectivity index (χ2v) is 10.1. The number of hydrogen-bond acceptors (Lipinski definition) is 5. The summed E-state index contributed by atoms with van der Waals surface area (Å²) in [7, 11) is -3.53. The van der Waals surface area contributed by atoms with Crippen LogP contribution in [0.2, 0.25) is 0 Å². The van der Waals surface area contributed by atoms with Crippen molar-refractivity contribution in [1.29, 1.82) is 5.26 Å². The fourth-order valence-electron chi connectivity index (χ4n) is 3.50. The molecule has 0 spiro atoms. The fourth-order valence-corrected chi connectivity index (χ4v) is 4.81. The molecule has 0 fully saturated rings. The molecule has 7 nitrogen and oxygen atoms in total. The molecule has 3 rings (SSSR count). The van der Waals surface area contributed by atoms with Crippen LogP contribution < -0.4 is 10.9 Å². The molecule has 0 aliphatic carbocycles. The Hall–Kier alpha value is -3.91. The lowest BCUT2D eigenvalue weighted by Crippen LogP contribution is -2.33. The van der Waals surface area contributed by atoms with E-state index in [1.165, 1.54) is 48.5 Å². The van der Waals surface area contributed by atoms with Gasteiger partial charge in [-0.1, -0.05) is 18.2 Å². The number of nitrogens with zero attached hydrogens (tertiary/aromatic N) is 2. The summed E-state index contributed by atoms with van der Waals surface area (Å²) in [5.74, 6) is -0.878. The van der Waals surface area contributed by atoms with Crippen molar-refractivity contribution in [2.24, 2.45) is 0 Å². The molecule has 1 N–H and O–H groups in total. The number of carbonyl (C=O) groups is 1. The van der Waals surface area contributed by atoms with Gasteiger partial charge in [0.05, 0.1) is 22.3 Å². The lowest BCUT2D eigenvalue weighted by Gasteiger charge is -2.14. The van der Waals surface area contributed by atoms with E-state index in [4.69, 9.17) is 5.26 Å². The Morgan fingerprint density at radius 2 is 1.78 bits per heavy atom. The monoisotopic (exact) mass is 517 g/mol. The molecular formula is C25H22F3N3O4S. The highest BCUT2D eigenvalue weighted by molar-refractivity contribution is 7.91. The summed E-state index contributed by atoms with van der Waals surface area (Å²) in [4.78, 5) is 25.8. The summed E-state index contributed by atoms with van der Waals surface area (Å²) in [6.07, 6.45) is -4.23. The number of nitriles is 1. The first-order valence-electron chi connectivity index (χ1n) is 10.8. The van der Waals surface area contributed by atoms with E-state index >= 15 is 0 Å². The number of pyridine rings is 1. The number of aromatic nitrogens is 1. The summed E-state index contributed by atoms with van der Waals surface area (Å²) >= 11 is 0. The predicted molar refractivity (Wildman–Crippen MR) is 126 cm³/mol. The van der Waals surface area contributed by atoms with Crippen LogP contribution in [0.15, 0.2) is 70.4 Å². The van der Waals surface area contributed by atoms with E-state index in [0.29, 0.717) is 11.3 Å². The predicted octanol–water partition coefficient (Wildman–Crippen LogP) is 4.17. The summed E-state index contributed by atoms with van der Waals surface area (Å²) in [5.41, 5.74) is -1.04. The van der Waals surface area contributed by atoms with Crippen molar-refractivity contribution >= 4 is 15.7 Å². The number of rotatable bonds is 8. The number of hydrogen-bond donors (Lipinski definition) is 1. The van der Waals surface area contributed by atoms with Gasteiger partial charge in [-0.3, -0.25) is 14.2 Å². The van der Waals surface area contributed by atoms with Crippen molar-refractivity contribution in [2.45, 2.75) is 37.4 Å². The first kappa shape index (κ1) is 26.7. The third-order valence-electron chi connectivity index (χ3n) is 5.39. The molecule has 0 atom stereocenters. The Labute approximate surface area is 205 Å². The molecule has 0 aliphatic rings. The largest absolute Gasteiger partial charge is 0.416 e. The summed E-state index contributed by atoms with van der Waals surface area (Å²) in [6.45, 7) is 1.53. The van der Waals surface area contributed by atoms with Gasteiger partial charge in [0.25, 0.3) is 11.5 Å². The van der Waals surface area contributed by atoms with E-state index in [2.05, 4.69) is 5.32 Å². The highest BCUT2D eigenvalue weighted by atomic mass is 32.2. The van der Waals surface area contributed by atoms with Crippen molar-refractivity contribution in [3.05, 3.63) is 93.4 Å². The van der Waals surface area contributed by atoms with Crippen molar-refractivity contribution in [3.8, 4) is 11.8 Å². The van der Waals surface area contributed by atoms with E-state index in [1.807, 2.05) is 6.07 Å². The molecule has 0 radical (unpaired) electrons. The third kappa shape index (κ3) is 6.20. The molecule has 0 aliphatic heterocycles. The Bertz CT molecular complexity index is 1470. The smallest absolute Gasteiger partial charge is 0.348 e. The Kier molecular flexibility index (Phi) is 8.00. The molecule has 0 bridgehead atoms. The van der Waals surface area contributed by atoms with Crippen molar-refractivity contribution in [2.75, 3.05) is 5.75 Å². The van der Waals surface area contributed by atoms with E-state index in [-0.39, 0.29) is 41.3 Å². The van der Waals surface area contributed by atoms with Gasteiger partial charge in [0.1, 0.15) is 5.56 Å². The molecular weight excluding hydrogens is 495 g/mol. The molecule has 1 heterocycles. The quantitative estimate of drug-likeness (QED) is 0.451. The second-order valence-electron chi connectivity index (χ2n) is 7.98. The van der Waals surface area contributed by atoms with Crippen LogP contribution >= 0.6 is 0 Å². The number of nitrogens with one attached hydrogen (secondary N) is 1. The highest BCUT2D eigenvalue weighted by Crippen LogP contribution is 2.30. The zero-order valence-corrected chi connectivity index (χ0v) is 20.0. The molecule has 0 unspecified atom stereocenters. The first-order valence-corrected chi connectivity index (χ1v) is 12.5. The number of halogens is 3. The minimum atomic E-state index is -4.59. The molecule has 3 aromatic rings. The first-order chi connectivity index (χ1) is 16.9. The molecule has 1 amide bonds. The molecule has 36 heavy (non-hydrogen) atoms. The third-order valence-corrected chi connectivity index (χ3v) is 7.21. The normalized spacial score (nSPS) is 11.6. The van der Waals surface area contributed by atoms with Gasteiger partial charge < -0.3 is 5.32 Å². The van der Waals surface area contributed by atoms with Gasteiger partial charge in [0.15, 0.2) is 9.84 Å². The summed E-state index contributed by atoms with van der Waals surface area (Å²) < 4.78 is 65.0. The number of unbranched alkanes of at least 4 members (excludes halogenated alkanes) is 1. The molecule has 11 heteroatoms. The van der Waals surface area contributed by atoms with Crippen LogP contribution in [-0.4, -0.2) is 24.6 Å². The number of carbonyl (C=O) groups excluding carboxylic acids is 1. The molecule has 0 saturated heterocycles. The molecule has 188 valence electrons. The van der Waals surface area contributed by atoms with Crippen LogP contribution in [0.25, 0.3) is 5.69 Å². The molecule has 1 aromatic heterocycles. The van der Waals surface area contributed by atoms with Crippen molar-refractivity contribution < 1.29 is 26.4 Å². The maximum Gasteiger partial charge on any atom is 0.416 e. The fraction of sp³-hybridized carbons (Fsp3) is 0.240. The molecule has 0 saturated carbocycles. The van der Waals surface area contributed by atoms with Crippen LogP contribution in [0, 0.1) is 18.3 Å². The van der Waals surface area contributed by atoms with Crippen molar-refractivity contribution in [3.63, 3.8) is 0 Å². The van der Waals surface area contributed by atoms with Crippen LogP contribution in [0.1, 0.15) is 40.0 Å². The minimum absolute atomic E-state index is 0.00946. The number of benzene rings is 2. The number of sulfone groups is 1.